The van der Waals surface area contributed by atoms with E-state index < -0.39 is 92.6 Å². The highest BCUT2D eigenvalue weighted by atomic mass is 16.2. The average Bonchev–Trinajstić information content (AvgIpc) is 2.74. The molecule has 116 valence electrons. The molecule has 1 aromatic rings. The molecular formula is C19H24N2O. The molecule has 2 atom stereocenters. The van der Waals surface area contributed by atoms with Gasteiger partial charge in [-0.05, 0) is 68.0 Å². The molecule has 3 heteroatoms. The second kappa shape index (κ2) is 4.82. The van der Waals surface area contributed by atoms with Crippen LogP contribution in [-0.4, -0.2) is 47.8 Å². The lowest BCUT2D eigenvalue weighted by molar-refractivity contribution is 0.00258. The third-order valence-electron chi connectivity index (χ3n) is 4.45. The first-order valence-corrected chi connectivity index (χ1v) is 7.21. The Morgan fingerprint density at radius 1 is 1.32 bits per heavy atom. The van der Waals surface area contributed by atoms with E-state index in [1.54, 1.807) is 0 Å². The number of rotatable bonds is 1. The molecule has 2 bridgehead atoms. The minimum absolute atomic E-state index is 0.00560. The van der Waals surface area contributed by atoms with Crippen LogP contribution in [0.5, 0.6) is 0 Å². The lowest BCUT2D eigenvalue weighted by Crippen LogP contribution is -2.60. The van der Waals surface area contributed by atoms with Crippen molar-refractivity contribution in [2.75, 3.05) is 26.0 Å². The third kappa shape index (κ3) is 1.81. The molecule has 22 heavy (non-hydrogen) atoms. The van der Waals surface area contributed by atoms with E-state index in [2.05, 4.69) is 0 Å². The number of amides is 1. The highest BCUT2D eigenvalue weighted by molar-refractivity contribution is 5.97. The molecule has 1 aromatic carbocycles. The van der Waals surface area contributed by atoms with Gasteiger partial charge in [-0.25, -0.2) is 0 Å². The molecule has 3 fully saturated rings. The molecule has 1 aliphatic carbocycles. The second-order valence-corrected chi connectivity index (χ2v) is 5.66. The third-order valence-corrected chi connectivity index (χ3v) is 4.45. The van der Waals surface area contributed by atoms with E-state index in [1.165, 1.54) is 0 Å². The molecule has 6 rings (SSSR count). The summed E-state index contributed by atoms with van der Waals surface area (Å²) in [5.41, 5.74) is -0.761. The smallest absolute Gasteiger partial charge is 0.254 e. The fourth-order valence-electron chi connectivity index (χ4n) is 3.42. The van der Waals surface area contributed by atoms with Gasteiger partial charge in [0.05, 0.1) is 4.11 Å². The van der Waals surface area contributed by atoms with E-state index in [0.717, 1.165) is 0 Å². The van der Waals surface area contributed by atoms with Gasteiger partial charge in [-0.2, -0.15) is 0 Å². The maximum absolute atomic E-state index is 13.9. The number of hydrogen-bond acceptors (Lipinski definition) is 2. The van der Waals surface area contributed by atoms with Gasteiger partial charge in [0.15, 0.2) is 0 Å². The summed E-state index contributed by atoms with van der Waals surface area (Å²) in [7, 11) is 0. The van der Waals surface area contributed by atoms with Crippen LogP contribution in [-0.2, 0) is 6.37 Å². The number of fused-ring (bicyclic) bond motifs is 3. The van der Waals surface area contributed by atoms with Gasteiger partial charge < -0.3 is 9.80 Å². The summed E-state index contributed by atoms with van der Waals surface area (Å²) in [5.74, 6) is -5.57. The van der Waals surface area contributed by atoms with Crippen molar-refractivity contribution < 1.29 is 26.7 Å². The Balaban J connectivity index is 1.80. The zero-order valence-electron chi connectivity index (χ0n) is 27.6. The minimum Gasteiger partial charge on any atom is -0.333 e. The number of piperidine rings is 3. The van der Waals surface area contributed by atoms with Crippen LogP contribution in [0.1, 0.15) is 74.9 Å². The van der Waals surface area contributed by atoms with Crippen LogP contribution in [0.3, 0.4) is 0 Å². The molecule has 3 saturated heterocycles. The molecule has 0 radical (unpaired) electrons. The topological polar surface area (TPSA) is 23.6 Å². The number of carbonyl (C=O) groups excluding carboxylic acids is 1. The van der Waals surface area contributed by atoms with E-state index in [1.807, 2.05) is 0 Å². The summed E-state index contributed by atoms with van der Waals surface area (Å²) in [4.78, 5) is 14.4. The average molecular weight is 313 g/mol. The zero-order valence-corrected chi connectivity index (χ0v) is 11.6. The van der Waals surface area contributed by atoms with E-state index in [9.17, 15) is 4.79 Å². The molecule has 3 nitrogen and oxygen atoms in total. The molecule has 5 aliphatic rings. The molecule has 0 N–H and O–H groups in total. The summed E-state index contributed by atoms with van der Waals surface area (Å²) in [5, 5.41) is 0. The summed E-state index contributed by atoms with van der Waals surface area (Å²) in [6.07, 6.45) is -9.31. The number of nitrogens with zero attached hydrogens (tertiary/aromatic N) is 2. The van der Waals surface area contributed by atoms with Crippen molar-refractivity contribution >= 4 is 5.91 Å². The number of benzene rings is 1. The van der Waals surface area contributed by atoms with Crippen molar-refractivity contribution in [1.82, 2.24) is 9.80 Å². The quantitative estimate of drug-likeness (QED) is 0.796. The maximum atomic E-state index is 13.9. The van der Waals surface area contributed by atoms with Gasteiger partial charge >= 0.3 is 0 Å². The predicted octanol–water partition coefficient (Wildman–Crippen LogP) is 2.66. The van der Waals surface area contributed by atoms with E-state index >= 15 is 0 Å². The first-order chi connectivity index (χ1) is 17.0. The van der Waals surface area contributed by atoms with Gasteiger partial charge in [-0.15, -0.1) is 0 Å². The van der Waals surface area contributed by atoms with Crippen LogP contribution in [0.15, 0.2) is 18.1 Å². The molecule has 4 heterocycles. The van der Waals surface area contributed by atoms with Crippen LogP contribution in [0.2, 0.25) is 0 Å². The van der Waals surface area contributed by atoms with E-state index in [0.29, 0.717) is 4.90 Å². The van der Waals surface area contributed by atoms with Crippen molar-refractivity contribution in [2.24, 2.45) is 5.89 Å². The van der Waals surface area contributed by atoms with Gasteiger partial charge in [0.2, 0.25) is 0 Å². The Bertz CT molecular complexity index is 1250. The van der Waals surface area contributed by atoms with Crippen molar-refractivity contribution in [3.05, 3.63) is 34.8 Å². The molecule has 0 aromatic heterocycles. The summed E-state index contributed by atoms with van der Waals surface area (Å²) >= 11 is 0. The van der Waals surface area contributed by atoms with E-state index in [-0.39, 0.29) is 28.9 Å². The van der Waals surface area contributed by atoms with Crippen LogP contribution in [0.25, 0.3) is 0 Å². The molecule has 4 aliphatic heterocycles. The second-order valence-electron chi connectivity index (χ2n) is 5.66. The van der Waals surface area contributed by atoms with Crippen molar-refractivity contribution in [2.45, 2.75) is 43.9 Å². The summed E-state index contributed by atoms with van der Waals surface area (Å²) in [6, 6.07) is -4.47. The van der Waals surface area contributed by atoms with Crippen LogP contribution >= 0.6 is 0 Å². The Morgan fingerprint density at radius 3 is 3.05 bits per heavy atom. The minimum atomic E-state index is -3.55. The van der Waals surface area contributed by atoms with Gasteiger partial charge in [0.1, 0.15) is 0 Å². The SMILES string of the molecule is [2H]c1c([2H])c2c3c(c1[2H])C([2H])([2H])CC[C@@H]3CN([C@@H]1C([2H])([2H])N3C([2H])([2H])C([2H])([2H])C1([2H])C([2H])([2H])C3([2H])[2H])C2=O. The van der Waals surface area contributed by atoms with Crippen molar-refractivity contribution in [3.8, 4) is 0 Å². The monoisotopic (exact) mass is 312 g/mol. The first-order valence-electron chi connectivity index (χ1n) is 15.2. The first kappa shape index (κ1) is 4.83. The van der Waals surface area contributed by atoms with Crippen molar-refractivity contribution in [3.63, 3.8) is 0 Å². The van der Waals surface area contributed by atoms with Gasteiger partial charge in [-0.3, -0.25) is 4.79 Å². The Labute approximate surface area is 154 Å². The molecule has 1 amide bonds. The normalized spacial score (nSPS) is 64.1. The molecule has 0 saturated carbocycles. The van der Waals surface area contributed by atoms with Crippen LogP contribution in [0, 0.1) is 5.89 Å². The zero-order chi connectivity index (χ0) is 29.0. The molecule has 0 spiro atoms. The number of carbonyl (C=O) groups is 1. The molecule has 0 unspecified atom stereocenters. The Kier molecular flexibility index (Phi) is 1.06. The van der Waals surface area contributed by atoms with Crippen LogP contribution in [0.4, 0.5) is 0 Å². The fourth-order valence-corrected chi connectivity index (χ4v) is 3.42. The van der Waals surface area contributed by atoms with E-state index in [4.69, 9.17) is 21.9 Å². The lowest BCUT2D eigenvalue weighted by atomic mass is 9.75. The highest BCUT2D eigenvalue weighted by Crippen LogP contribution is 2.41. The number of hydrogen-bond donors (Lipinski definition) is 0. The highest BCUT2D eigenvalue weighted by Gasteiger charge is 2.43. The standard InChI is InChI=1S/C19H24N2O/c22-19-16-6-2-4-14-3-1-5-15(18(14)16)11-21(19)17-12-20-9-7-13(17)8-10-20/h2,4,6,13,15,17H,1,3,5,7-12H2/t15-,17-/m1/s1/i2D,3D2,4D,6D,7D2,8D2,9D2,10D2,12D2,13D. The predicted molar refractivity (Wildman–Crippen MR) is 86.1 cm³/mol. The lowest BCUT2D eigenvalue weighted by Gasteiger charge is -2.51. The largest absolute Gasteiger partial charge is 0.333 e. The van der Waals surface area contributed by atoms with Crippen LogP contribution < -0.4 is 0 Å². The summed E-state index contributed by atoms with van der Waals surface area (Å²) in [6.45, 7) is -10.8. The van der Waals surface area contributed by atoms with Crippen molar-refractivity contribution in [1.29, 1.82) is 0 Å². The Morgan fingerprint density at radius 2 is 2.18 bits per heavy atom. The Hall–Kier alpha value is -1.35. The van der Waals surface area contributed by atoms with Gasteiger partial charge in [0, 0.05) is 48.4 Å². The fraction of sp³-hybridized carbons (Fsp3) is 0.632. The summed E-state index contributed by atoms with van der Waals surface area (Å²) < 4.78 is 135. The molecular weight excluding hydrogens is 272 g/mol. The van der Waals surface area contributed by atoms with Gasteiger partial charge in [-0.1, -0.05) is 12.1 Å². The van der Waals surface area contributed by atoms with Gasteiger partial charge in [0.25, 0.3) is 5.91 Å². The maximum Gasteiger partial charge on any atom is 0.254 e.